The first-order valence-corrected chi connectivity index (χ1v) is 7.22. The zero-order valence-corrected chi connectivity index (χ0v) is 10.3. The van der Waals surface area contributed by atoms with Gasteiger partial charge in [0.05, 0.1) is 18.2 Å². The molecule has 2 rings (SSSR count). The van der Waals surface area contributed by atoms with Gasteiger partial charge < -0.3 is 15.7 Å². The molecule has 2 aliphatic rings. The van der Waals surface area contributed by atoms with Crippen LogP contribution in [0.2, 0.25) is 0 Å². The third-order valence-electron chi connectivity index (χ3n) is 3.30. The number of rotatable bonds is 2. The van der Waals surface area contributed by atoms with E-state index in [4.69, 9.17) is 0 Å². The highest BCUT2D eigenvalue weighted by atomic mass is 32.2. The molecule has 1 unspecified atom stereocenters. The standard InChI is InChI=1S/C11H20N2O2S/c14-10-4-2-1-3-8(10)13-11(15)9-7-16-6-5-12-9/h8-10,12,14H,1-7H2,(H,13,15)/t8-,9?,10-/m1/s1. The molecular formula is C11H20N2O2S. The van der Waals surface area contributed by atoms with Gasteiger partial charge in [-0.3, -0.25) is 4.79 Å². The van der Waals surface area contributed by atoms with Crippen molar-refractivity contribution in [2.45, 2.75) is 43.9 Å². The topological polar surface area (TPSA) is 61.4 Å². The fraction of sp³-hybridized carbons (Fsp3) is 0.909. The first-order valence-electron chi connectivity index (χ1n) is 6.07. The lowest BCUT2D eigenvalue weighted by molar-refractivity contribution is -0.124. The van der Waals surface area contributed by atoms with Crippen LogP contribution in [0.5, 0.6) is 0 Å². The Balaban J connectivity index is 1.80. The SMILES string of the molecule is O=C(N[C@@H]1CCCC[C@H]1O)C1CSCCN1. The quantitative estimate of drug-likeness (QED) is 0.645. The second-order valence-corrected chi connectivity index (χ2v) is 5.70. The van der Waals surface area contributed by atoms with Gasteiger partial charge in [-0.2, -0.15) is 11.8 Å². The van der Waals surface area contributed by atoms with Gasteiger partial charge in [0.1, 0.15) is 0 Å². The molecule has 92 valence electrons. The maximum Gasteiger partial charge on any atom is 0.238 e. The van der Waals surface area contributed by atoms with E-state index in [9.17, 15) is 9.90 Å². The number of carbonyl (C=O) groups excluding carboxylic acids is 1. The summed E-state index contributed by atoms with van der Waals surface area (Å²) in [5.74, 6) is 1.97. The van der Waals surface area contributed by atoms with E-state index in [0.717, 1.165) is 43.7 Å². The van der Waals surface area contributed by atoms with E-state index in [1.807, 2.05) is 11.8 Å². The minimum absolute atomic E-state index is 0.0324. The molecule has 4 nitrogen and oxygen atoms in total. The van der Waals surface area contributed by atoms with Crippen LogP contribution >= 0.6 is 11.8 Å². The third-order valence-corrected chi connectivity index (χ3v) is 4.36. The van der Waals surface area contributed by atoms with Crippen molar-refractivity contribution in [3.63, 3.8) is 0 Å². The highest BCUT2D eigenvalue weighted by molar-refractivity contribution is 7.99. The average Bonchev–Trinajstić information content (AvgIpc) is 2.33. The van der Waals surface area contributed by atoms with Gasteiger partial charge in [0.2, 0.25) is 5.91 Å². The van der Waals surface area contributed by atoms with E-state index in [-0.39, 0.29) is 24.1 Å². The van der Waals surface area contributed by atoms with E-state index < -0.39 is 0 Å². The van der Waals surface area contributed by atoms with Crippen molar-refractivity contribution >= 4 is 17.7 Å². The Labute approximate surface area is 101 Å². The van der Waals surface area contributed by atoms with Gasteiger partial charge in [-0.05, 0) is 12.8 Å². The summed E-state index contributed by atoms with van der Waals surface area (Å²) in [4.78, 5) is 11.9. The number of nitrogens with one attached hydrogen (secondary N) is 2. The fourth-order valence-electron chi connectivity index (χ4n) is 2.30. The minimum atomic E-state index is -0.353. The van der Waals surface area contributed by atoms with E-state index in [1.165, 1.54) is 0 Å². The molecule has 0 bridgehead atoms. The lowest BCUT2D eigenvalue weighted by Crippen LogP contribution is -2.54. The molecule has 1 heterocycles. The van der Waals surface area contributed by atoms with Crippen molar-refractivity contribution < 1.29 is 9.90 Å². The predicted octanol–water partition coefficient (Wildman–Crippen LogP) is 0.111. The van der Waals surface area contributed by atoms with Crippen LogP contribution in [0.15, 0.2) is 0 Å². The van der Waals surface area contributed by atoms with E-state index >= 15 is 0 Å². The molecule has 3 N–H and O–H groups in total. The van der Waals surface area contributed by atoms with Crippen molar-refractivity contribution in [2.75, 3.05) is 18.1 Å². The van der Waals surface area contributed by atoms with Gasteiger partial charge >= 0.3 is 0 Å². The van der Waals surface area contributed by atoms with E-state index in [2.05, 4.69) is 10.6 Å². The Morgan fingerprint density at radius 1 is 1.38 bits per heavy atom. The van der Waals surface area contributed by atoms with Crippen LogP contribution in [0.1, 0.15) is 25.7 Å². The molecule has 1 aliphatic heterocycles. The van der Waals surface area contributed by atoms with Crippen molar-refractivity contribution in [3.05, 3.63) is 0 Å². The average molecular weight is 244 g/mol. The van der Waals surface area contributed by atoms with Gasteiger partial charge in [-0.1, -0.05) is 12.8 Å². The molecule has 0 aromatic rings. The summed E-state index contributed by atoms with van der Waals surface area (Å²) in [6.45, 7) is 0.899. The van der Waals surface area contributed by atoms with Gasteiger partial charge in [-0.15, -0.1) is 0 Å². The van der Waals surface area contributed by atoms with Crippen molar-refractivity contribution in [1.82, 2.24) is 10.6 Å². The summed E-state index contributed by atoms with van der Waals surface area (Å²) in [5.41, 5.74) is 0. The second kappa shape index (κ2) is 5.89. The Morgan fingerprint density at radius 2 is 2.19 bits per heavy atom. The van der Waals surface area contributed by atoms with Crippen LogP contribution in [-0.4, -0.2) is 47.3 Å². The summed E-state index contributed by atoms with van der Waals surface area (Å²) in [5, 5.41) is 16.0. The molecule has 3 atom stereocenters. The van der Waals surface area contributed by atoms with E-state index in [1.54, 1.807) is 0 Å². The zero-order chi connectivity index (χ0) is 11.4. The second-order valence-electron chi connectivity index (χ2n) is 4.55. The van der Waals surface area contributed by atoms with Gasteiger partial charge in [0.25, 0.3) is 0 Å². The molecular weight excluding hydrogens is 224 g/mol. The number of thioether (sulfide) groups is 1. The third kappa shape index (κ3) is 3.12. The summed E-state index contributed by atoms with van der Waals surface area (Å²) < 4.78 is 0. The zero-order valence-electron chi connectivity index (χ0n) is 9.45. The lowest BCUT2D eigenvalue weighted by atomic mass is 9.92. The number of hydrogen-bond acceptors (Lipinski definition) is 4. The number of aliphatic hydroxyl groups excluding tert-OH is 1. The Bertz CT molecular complexity index is 244. The van der Waals surface area contributed by atoms with Crippen LogP contribution in [-0.2, 0) is 4.79 Å². The molecule has 0 radical (unpaired) electrons. The van der Waals surface area contributed by atoms with Crippen LogP contribution < -0.4 is 10.6 Å². The summed E-state index contributed by atoms with van der Waals surface area (Å²) in [7, 11) is 0. The molecule has 16 heavy (non-hydrogen) atoms. The van der Waals surface area contributed by atoms with Crippen molar-refractivity contribution in [2.24, 2.45) is 0 Å². The molecule has 2 fully saturated rings. The maximum atomic E-state index is 11.9. The van der Waals surface area contributed by atoms with Crippen LogP contribution in [0.3, 0.4) is 0 Å². The normalized spacial score (nSPS) is 35.7. The molecule has 1 amide bonds. The highest BCUT2D eigenvalue weighted by Gasteiger charge is 2.28. The molecule has 0 aromatic carbocycles. The summed E-state index contributed by atoms with van der Waals surface area (Å²) in [6, 6.07) is -0.108. The summed E-state index contributed by atoms with van der Waals surface area (Å²) >= 11 is 1.81. The Hall–Kier alpha value is -0.260. The largest absolute Gasteiger partial charge is 0.391 e. The van der Waals surface area contributed by atoms with Gasteiger partial charge in [0.15, 0.2) is 0 Å². The highest BCUT2D eigenvalue weighted by Crippen LogP contribution is 2.18. The molecule has 1 saturated heterocycles. The molecule has 0 aromatic heterocycles. The van der Waals surface area contributed by atoms with Crippen LogP contribution in [0.25, 0.3) is 0 Å². The predicted molar refractivity (Wildman–Crippen MR) is 65.5 cm³/mol. The molecule has 5 heteroatoms. The molecule has 1 aliphatic carbocycles. The Kier molecular flexibility index (Phi) is 4.49. The Morgan fingerprint density at radius 3 is 2.88 bits per heavy atom. The van der Waals surface area contributed by atoms with Crippen molar-refractivity contribution in [1.29, 1.82) is 0 Å². The van der Waals surface area contributed by atoms with E-state index in [0.29, 0.717) is 0 Å². The number of amides is 1. The van der Waals surface area contributed by atoms with Crippen LogP contribution in [0, 0.1) is 0 Å². The first-order chi connectivity index (χ1) is 7.77. The number of hydrogen-bond donors (Lipinski definition) is 3. The lowest BCUT2D eigenvalue weighted by Gasteiger charge is -2.31. The monoisotopic (exact) mass is 244 g/mol. The smallest absolute Gasteiger partial charge is 0.238 e. The van der Waals surface area contributed by atoms with Gasteiger partial charge in [0, 0.05) is 18.1 Å². The first kappa shape index (κ1) is 12.2. The maximum absolute atomic E-state index is 11.9. The fourth-order valence-corrected chi connectivity index (χ4v) is 3.23. The molecule has 1 saturated carbocycles. The number of carbonyl (C=O) groups is 1. The van der Waals surface area contributed by atoms with Crippen molar-refractivity contribution in [3.8, 4) is 0 Å². The number of aliphatic hydroxyl groups is 1. The minimum Gasteiger partial charge on any atom is -0.391 e. The summed E-state index contributed by atoms with van der Waals surface area (Å²) in [6.07, 6.45) is 3.55. The van der Waals surface area contributed by atoms with Gasteiger partial charge in [-0.25, -0.2) is 0 Å². The van der Waals surface area contributed by atoms with Crippen LogP contribution in [0.4, 0.5) is 0 Å². The molecule has 0 spiro atoms.